The second-order valence-corrected chi connectivity index (χ2v) is 6.58. The molecule has 1 N–H and O–H groups in total. The van der Waals surface area contributed by atoms with Crippen molar-refractivity contribution in [3.05, 3.63) is 23.9 Å². The lowest BCUT2D eigenvalue weighted by Gasteiger charge is -2.21. The third kappa shape index (κ3) is 5.08. The van der Waals surface area contributed by atoms with Crippen LogP contribution in [0, 0.1) is 11.8 Å². The maximum Gasteiger partial charge on any atom is 0.310 e. The van der Waals surface area contributed by atoms with Gasteiger partial charge in [0.25, 0.3) is 0 Å². The van der Waals surface area contributed by atoms with E-state index in [0.717, 1.165) is 18.1 Å². The van der Waals surface area contributed by atoms with E-state index < -0.39 is 0 Å². The molecule has 2 heterocycles. The fourth-order valence-corrected chi connectivity index (χ4v) is 2.94. The molecule has 0 radical (unpaired) electrons. The molecule has 138 valence electrons. The lowest BCUT2D eigenvalue weighted by molar-refractivity contribution is -0.145. The van der Waals surface area contributed by atoms with Gasteiger partial charge in [-0.15, -0.1) is 0 Å². The summed E-state index contributed by atoms with van der Waals surface area (Å²) < 4.78 is 10.4. The van der Waals surface area contributed by atoms with E-state index in [4.69, 9.17) is 9.47 Å². The summed E-state index contributed by atoms with van der Waals surface area (Å²) in [5, 5.41) is 3.33. The van der Waals surface area contributed by atoms with Crippen LogP contribution >= 0.6 is 0 Å². The van der Waals surface area contributed by atoms with Crippen molar-refractivity contribution in [2.45, 2.75) is 33.4 Å². The molecular weight excluding hydrogens is 320 g/mol. The number of hydrogen-bond acceptors (Lipinski definition) is 5. The molecule has 0 bridgehead atoms. The minimum atomic E-state index is -0.157. The Morgan fingerprint density at radius 1 is 1.44 bits per heavy atom. The quantitative estimate of drug-likeness (QED) is 0.496. The summed E-state index contributed by atoms with van der Waals surface area (Å²) in [5.41, 5.74) is 1.04. The Morgan fingerprint density at radius 3 is 2.76 bits per heavy atom. The first-order valence-electron chi connectivity index (χ1n) is 8.59. The van der Waals surface area contributed by atoms with Gasteiger partial charge in [0, 0.05) is 38.9 Å². The Bertz CT molecular complexity index is 601. The Kier molecular flexibility index (Phi) is 6.61. The highest BCUT2D eigenvalue weighted by atomic mass is 16.5. The van der Waals surface area contributed by atoms with Crippen molar-refractivity contribution in [2.24, 2.45) is 16.8 Å². The van der Waals surface area contributed by atoms with Crippen molar-refractivity contribution in [3.63, 3.8) is 0 Å². The third-order valence-electron chi connectivity index (χ3n) is 4.23. The van der Waals surface area contributed by atoms with Gasteiger partial charge in [0.05, 0.1) is 19.1 Å². The molecule has 1 aliphatic heterocycles. The van der Waals surface area contributed by atoms with E-state index in [1.54, 1.807) is 13.2 Å². The molecule has 7 nitrogen and oxygen atoms in total. The van der Waals surface area contributed by atoms with Gasteiger partial charge in [-0.3, -0.25) is 9.79 Å². The smallest absolute Gasteiger partial charge is 0.310 e. The second kappa shape index (κ2) is 8.69. The highest BCUT2D eigenvalue weighted by Gasteiger charge is 2.36. The molecule has 2 atom stereocenters. The number of hydrogen-bond donors (Lipinski definition) is 1. The summed E-state index contributed by atoms with van der Waals surface area (Å²) in [6.45, 7) is 8.01. The van der Waals surface area contributed by atoms with Gasteiger partial charge in [-0.2, -0.15) is 0 Å². The van der Waals surface area contributed by atoms with Crippen LogP contribution in [-0.4, -0.2) is 55.2 Å². The molecule has 1 aromatic heterocycles. The molecule has 0 aromatic carbocycles. The van der Waals surface area contributed by atoms with Gasteiger partial charge in [-0.25, -0.2) is 4.98 Å². The van der Waals surface area contributed by atoms with E-state index in [-0.39, 0.29) is 23.9 Å². The topological polar surface area (TPSA) is 76.1 Å². The maximum atomic E-state index is 11.8. The zero-order valence-corrected chi connectivity index (χ0v) is 15.7. The van der Waals surface area contributed by atoms with Gasteiger partial charge in [0.15, 0.2) is 5.96 Å². The molecule has 1 aliphatic rings. The largest absolute Gasteiger partial charge is 0.475 e. The lowest BCUT2D eigenvalue weighted by Crippen LogP contribution is -2.40. The van der Waals surface area contributed by atoms with E-state index in [0.29, 0.717) is 19.0 Å². The number of nitrogens with one attached hydrogen (secondary N) is 1. The van der Waals surface area contributed by atoms with E-state index in [1.807, 2.05) is 26.0 Å². The molecule has 1 aromatic rings. The van der Waals surface area contributed by atoms with E-state index >= 15 is 0 Å². The van der Waals surface area contributed by atoms with Crippen LogP contribution in [0.2, 0.25) is 0 Å². The van der Waals surface area contributed by atoms with E-state index in [9.17, 15) is 4.79 Å². The van der Waals surface area contributed by atoms with E-state index in [2.05, 4.69) is 27.1 Å². The molecule has 2 unspecified atom stereocenters. The molecule has 2 rings (SSSR count). The summed E-state index contributed by atoms with van der Waals surface area (Å²) in [6.07, 6.45) is 1.90. The number of methoxy groups -OCH3 is 1. The lowest BCUT2D eigenvalue weighted by atomic mass is 9.99. The predicted molar refractivity (Wildman–Crippen MR) is 96.4 cm³/mol. The summed E-state index contributed by atoms with van der Waals surface area (Å²) >= 11 is 0. The van der Waals surface area contributed by atoms with Gasteiger partial charge in [0.2, 0.25) is 5.88 Å². The van der Waals surface area contributed by atoms with Gasteiger partial charge < -0.3 is 19.7 Å². The minimum absolute atomic E-state index is 0.107. The van der Waals surface area contributed by atoms with E-state index in [1.165, 1.54) is 7.11 Å². The van der Waals surface area contributed by atoms with Crippen LogP contribution in [0.4, 0.5) is 0 Å². The number of guanidine groups is 1. The van der Waals surface area contributed by atoms with Crippen LogP contribution < -0.4 is 10.1 Å². The fraction of sp³-hybridized carbons (Fsp3) is 0.611. The standard InChI is InChI=1S/C18H28N4O3/c1-12(2)25-16-7-6-14(8-20-16)9-21-18(19-4)22-10-13(3)15(11-22)17(23)24-5/h6-8,12-13,15H,9-11H2,1-5H3,(H,19,21). The van der Waals surface area contributed by atoms with Crippen LogP contribution in [0.1, 0.15) is 26.3 Å². The van der Waals surface area contributed by atoms with Gasteiger partial charge in [0.1, 0.15) is 0 Å². The first kappa shape index (κ1) is 19.0. The third-order valence-corrected chi connectivity index (χ3v) is 4.23. The molecule has 0 amide bonds. The molecule has 1 saturated heterocycles. The Labute approximate surface area is 149 Å². The first-order chi connectivity index (χ1) is 11.9. The summed E-state index contributed by atoms with van der Waals surface area (Å²) in [4.78, 5) is 22.6. The average molecular weight is 348 g/mol. The number of aromatic nitrogens is 1. The van der Waals surface area contributed by atoms with Crippen LogP contribution in [0.5, 0.6) is 5.88 Å². The zero-order chi connectivity index (χ0) is 18.4. The fourth-order valence-electron chi connectivity index (χ4n) is 2.94. The van der Waals surface area contributed by atoms with Crippen molar-refractivity contribution < 1.29 is 14.3 Å². The predicted octanol–water partition coefficient (Wildman–Crippen LogP) is 1.69. The number of pyridine rings is 1. The zero-order valence-electron chi connectivity index (χ0n) is 15.7. The van der Waals surface area contributed by atoms with Crippen molar-refractivity contribution in [1.29, 1.82) is 0 Å². The number of aliphatic imine (C=N–C) groups is 1. The summed E-state index contributed by atoms with van der Waals surface area (Å²) in [6, 6.07) is 3.85. The molecular formula is C18H28N4O3. The van der Waals surface area contributed by atoms with Crippen molar-refractivity contribution >= 4 is 11.9 Å². The number of ether oxygens (including phenoxy) is 2. The maximum absolute atomic E-state index is 11.8. The molecule has 0 saturated carbocycles. The summed E-state index contributed by atoms with van der Waals surface area (Å²) in [7, 11) is 3.18. The Morgan fingerprint density at radius 2 is 2.20 bits per heavy atom. The van der Waals surface area contributed by atoms with Gasteiger partial charge in [-0.05, 0) is 25.3 Å². The van der Waals surface area contributed by atoms with Crippen LogP contribution in [0.25, 0.3) is 0 Å². The number of nitrogens with zero attached hydrogens (tertiary/aromatic N) is 3. The number of rotatable bonds is 5. The number of likely N-dealkylation sites (tertiary alicyclic amines) is 1. The van der Waals surface area contributed by atoms with Gasteiger partial charge in [-0.1, -0.05) is 13.0 Å². The molecule has 0 spiro atoms. The number of carbonyl (C=O) groups excluding carboxylic acids is 1. The van der Waals surface area contributed by atoms with Crippen molar-refractivity contribution in [1.82, 2.24) is 15.2 Å². The number of carbonyl (C=O) groups is 1. The highest BCUT2D eigenvalue weighted by molar-refractivity contribution is 5.82. The molecule has 0 aliphatic carbocycles. The molecule has 7 heteroatoms. The van der Waals surface area contributed by atoms with Crippen LogP contribution in [0.15, 0.2) is 23.3 Å². The van der Waals surface area contributed by atoms with Gasteiger partial charge >= 0.3 is 5.97 Å². The Hall–Kier alpha value is -2.31. The highest BCUT2D eigenvalue weighted by Crippen LogP contribution is 2.24. The normalized spacial score (nSPS) is 20.7. The first-order valence-corrected chi connectivity index (χ1v) is 8.59. The minimum Gasteiger partial charge on any atom is -0.475 e. The SMILES string of the molecule is CN=C(NCc1ccc(OC(C)C)nc1)N1CC(C)C(C(=O)OC)C1. The Balaban J connectivity index is 1.91. The molecule has 25 heavy (non-hydrogen) atoms. The van der Waals surface area contributed by atoms with Crippen LogP contribution in [-0.2, 0) is 16.1 Å². The number of esters is 1. The summed E-state index contributed by atoms with van der Waals surface area (Å²) in [5.74, 6) is 1.37. The van der Waals surface area contributed by atoms with Crippen LogP contribution in [0.3, 0.4) is 0 Å². The molecule has 1 fully saturated rings. The van der Waals surface area contributed by atoms with Crippen molar-refractivity contribution in [3.8, 4) is 5.88 Å². The monoisotopic (exact) mass is 348 g/mol. The van der Waals surface area contributed by atoms with Crippen molar-refractivity contribution in [2.75, 3.05) is 27.2 Å². The average Bonchev–Trinajstić information content (AvgIpc) is 2.97. The second-order valence-electron chi connectivity index (χ2n) is 6.58.